The van der Waals surface area contributed by atoms with Gasteiger partial charge in [0.15, 0.2) is 5.82 Å². The third-order valence-corrected chi connectivity index (χ3v) is 2.09. The van der Waals surface area contributed by atoms with Crippen molar-refractivity contribution in [2.45, 2.75) is 25.2 Å². The molecule has 3 nitrogen and oxygen atoms in total. The molecule has 1 aliphatic carbocycles. The van der Waals surface area contributed by atoms with Crippen LogP contribution in [0, 0.1) is 0 Å². The molecule has 1 aromatic rings. The summed E-state index contributed by atoms with van der Waals surface area (Å²) in [4.78, 5) is 4.19. The minimum atomic E-state index is 0.668. The normalized spacial score (nSPS) is 18.9. The lowest BCUT2D eigenvalue weighted by Crippen LogP contribution is -2.10. The molecule has 54 valence electrons. The van der Waals surface area contributed by atoms with Crippen molar-refractivity contribution in [2.24, 2.45) is 7.05 Å². The maximum absolute atomic E-state index is 4.24. The molecule has 1 fully saturated rings. The first-order valence-corrected chi connectivity index (χ1v) is 3.72. The summed E-state index contributed by atoms with van der Waals surface area (Å²) in [6.07, 6.45) is 5.69. The topological polar surface area (TPSA) is 30.7 Å². The molecular weight excluding hydrogens is 126 g/mol. The summed E-state index contributed by atoms with van der Waals surface area (Å²) in [5.74, 6) is 1.70. The van der Waals surface area contributed by atoms with E-state index in [-0.39, 0.29) is 0 Å². The molecule has 0 unspecified atom stereocenters. The van der Waals surface area contributed by atoms with Gasteiger partial charge in [0.2, 0.25) is 0 Å². The van der Waals surface area contributed by atoms with Gasteiger partial charge in [-0.3, -0.25) is 4.68 Å². The van der Waals surface area contributed by atoms with E-state index in [0.717, 1.165) is 5.82 Å². The highest BCUT2D eigenvalue weighted by Gasteiger charge is 2.22. The van der Waals surface area contributed by atoms with Crippen molar-refractivity contribution in [1.29, 1.82) is 0 Å². The van der Waals surface area contributed by atoms with Crippen molar-refractivity contribution < 1.29 is 0 Å². The Morgan fingerprint density at radius 3 is 2.80 bits per heavy atom. The highest BCUT2D eigenvalue weighted by molar-refractivity contribution is 4.97. The molecule has 0 spiro atoms. The molecular formula is C7H11N3. The van der Waals surface area contributed by atoms with Gasteiger partial charge in [-0.15, -0.1) is 0 Å². The van der Waals surface area contributed by atoms with Crippen LogP contribution in [0.1, 0.15) is 31.0 Å². The Kier molecular flexibility index (Phi) is 1.22. The van der Waals surface area contributed by atoms with E-state index in [1.54, 1.807) is 11.0 Å². The van der Waals surface area contributed by atoms with Crippen LogP contribution in [0.5, 0.6) is 0 Å². The maximum Gasteiger partial charge on any atom is 0.153 e. The summed E-state index contributed by atoms with van der Waals surface area (Å²) in [7, 11) is 1.91. The molecule has 3 heteroatoms. The van der Waals surface area contributed by atoms with Crippen molar-refractivity contribution in [3.05, 3.63) is 12.2 Å². The Bertz CT molecular complexity index is 225. The van der Waals surface area contributed by atoms with Crippen LogP contribution >= 0.6 is 0 Å². The number of rotatable bonds is 1. The zero-order chi connectivity index (χ0) is 6.97. The molecule has 1 heterocycles. The molecule has 0 aliphatic heterocycles. The second-order valence-electron chi connectivity index (χ2n) is 2.90. The van der Waals surface area contributed by atoms with Crippen molar-refractivity contribution in [2.75, 3.05) is 0 Å². The second-order valence-corrected chi connectivity index (χ2v) is 2.90. The number of hydrogen-bond acceptors (Lipinski definition) is 2. The van der Waals surface area contributed by atoms with Gasteiger partial charge in [-0.05, 0) is 12.8 Å². The first kappa shape index (κ1) is 5.89. The van der Waals surface area contributed by atoms with Crippen LogP contribution in [0.3, 0.4) is 0 Å². The van der Waals surface area contributed by atoms with Gasteiger partial charge in [0.1, 0.15) is 6.33 Å². The molecule has 0 N–H and O–H groups in total. The van der Waals surface area contributed by atoms with Crippen LogP contribution in [0.25, 0.3) is 0 Å². The van der Waals surface area contributed by atoms with E-state index in [9.17, 15) is 0 Å². The standard InChI is InChI=1S/C7H11N3/c1-10-5-8-7(9-10)6-3-2-4-6/h5-6H,2-4H2,1H3. The fourth-order valence-corrected chi connectivity index (χ4v) is 1.21. The van der Waals surface area contributed by atoms with Gasteiger partial charge in [0.05, 0.1) is 0 Å². The largest absolute Gasteiger partial charge is 0.256 e. The molecule has 0 atom stereocenters. The average Bonchev–Trinajstić information content (AvgIpc) is 2.10. The number of hydrogen-bond donors (Lipinski definition) is 0. The van der Waals surface area contributed by atoms with E-state index >= 15 is 0 Å². The van der Waals surface area contributed by atoms with Gasteiger partial charge in [-0.2, -0.15) is 5.10 Å². The van der Waals surface area contributed by atoms with Gasteiger partial charge in [0.25, 0.3) is 0 Å². The molecule has 10 heavy (non-hydrogen) atoms. The summed E-state index contributed by atoms with van der Waals surface area (Å²) < 4.78 is 1.77. The van der Waals surface area contributed by atoms with Crippen molar-refractivity contribution in [3.63, 3.8) is 0 Å². The molecule has 1 aromatic heterocycles. The molecule has 1 saturated carbocycles. The Balaban J connectivity index is 2.17. The Labute approximate surface area is 60.1 Å². The van der Waals surface area contributed by atoms with E-state index in [0.29, 0.717) is 5.92 Å². The van der Waals surface area contributed by atoms with Crippen LogP contribution in [0.2, 0.25) is 0 Å². The van der Waals surface area contributed by atoms with Crippen LogP contribution in [0.4, 0.5) is 0 Å². The average molecular weight is 137 g/mol. The molecule has 0 radical (unpaired) electrons. The van der Waals surface area contributed by atoms with E-state index in [2.05, 4.69) is 10.1 Å². The Morgan fingerprint density at radius 1 is 1.60 bits per heavy atom. The predicted molar refractivity (Wildman–Crippen MR) is 37.6 cm³/mol. The first-order valence-electron chi connectivity index (χ1n) is 3.72. The third kappa shape index (κ3) is 0.818. The first-order chi connectivity index (χ1) is 4.86. The van der Waals surface area contributed by atoms with Crippen LogP contribution in [-0.2, 0) is 7.05 Å². The molecule has 0 aromatic carbocycles. The molecule has 0 bridgehead atoms. The molecule has 1 aliphatic rings. The maximum atomic E-state index is 4.24. The fourth-order valence-electron chi connectivity index (χ4n) is 1.21. The SMILES string of the molecule is Cn1cnc(C2CCC2)n1. The zero-order valence-corrected chi connectivity index (χ0v) is 6.12. The molecule has 0 amide bonds. The van der Waals surface area contributed by atoms with E-state index in [1.165, 1.54) is 19.3 Å². The molecule has 2 rings (SSSR count). The number of aromatic nitrogens is 3. The highest BCUT2D eigenvalue weighted by atomic mass is 15.3. The van der Waals surface area contributed by atoms with Crippen LogP contribution in [-0.4, -0.2) is 14.8 Å². The smallest absolute Gasteiger partial charge is 0.153 e. The van der Waals surface area contributed by atoms with E-state index < -0.39 is 0 Å². The van der Waals surface area contributed by atoms with Crippen molar-refractivity contribution in [3.8, 4) is 0 Å². The lowest BCUT2D eigenvalue weighted by molar-refractivity contribution is 0.400. The van der Waals surface area contributed by atoms with Crippen molar-refractivity contribution in [1.82, 2.24) is 14.8 Å². The highest BCUT2D eigenvalue weighted by Crippen LogP contribution is 2.33. The third-order valence-electron chi connectivity index (χ3n) is 2.09. The van der Waals surface area contributed by atoms with Crippen molar-refractivity contribution >= 4 is 0 Å². The summed E-state index contributed by atoms with van der Waals surface area (Å²) in [5.41, 5.74) is 0. The summed E-state index contributed by atoms with van der Waals surface area (Å²) in [6, 6.07) is 0. The van der Waals surface area contributed by atoms with Gasteiger partial charge in [-0.1, -0.05) is 6.42 Å². The molecule has 0 saturated heterocycles. The lowest BCUT2D eigenvalue weighted by Gasteiger charge is -2.21. The fraction of sp³-hybridized carbons (Fsp3) is 0.714. The van der Waals surface area contributed by atoms with Gasteiger partial charge >= 0.3 is 0 Å². The Hall–Kier alpha value is -0.860. The summed E-state index contributed by atoms with van der Waals surface area (Å²) in [6.45, 7) is 0. The quantitative estimate of drug-likeness (QED) is 0.580. The summed E-state index contributed by atoms with van der Waals surface area (Å²) in [5, 5.41) is 4.24. The van der Waals surface area contributed by atoms with E-state index in [4.69, 9.17) is 0 Å². The minimum Gasteiger partial charge on any atom is -0.256 e. The summed E-state index contributed by atoms with van der Waals surface area (Å²) >= 11 is 0. The van der Waals surface area contributed by atoms with E-state index in [1.807, 2.05) is 7.05 Å². The van der Waals surface area contributed by atoms with Gasteiger partial charge < -0.3 is 0 Å². The Morgan fingerprint density at radius 2 is 2.40 bits per heavy atom. The zero-order valence-electron chi connectivity index (χ0n) is 6.12. The number of nitrogens with zero attached hydrogens (tertiary/aromatic N) is 3. The van der Waals surface area contributed by atoms with Crippen LogP contribution < -0.4 is 0 Å². The predicted octanol–water partition coefficient (Wildman–Crippen LogP) is 1.08. The van der Waals surface area contributed by atoms with Crippen LogP contribution in [0.15, 0.2) is 6.33 Å². The van der Waals surface area contributed by atoms with Gasteiger partial charge in [0, 0.05) is 13.0 Å². The monoisotopic (exact) mass is 137 g/mol. The second kappa shape index (κ2) is 2.08. The number of aryl methyl sites for hydroxylation is 1. The van der Waals surface area contributed by atoms with Gasteiger partial charge in [-0.25, -0.2) is 4.98 Å². The lowest BCUT2D eigenvalue weighted by atomic mass is 9.85. The minimum absolute atomic E-state index is 0.668.